The maximum Gasteiger partial charge on any atom is 0.255 e. The molecule has 0 radical (unpaired) electrons. The Bertz CT molecular complexity index is 1440. The molecule has 0 aliphatic carbocycles. The summed E-state index contributed by atoms with van der Waals surface area (Å²) < 4.78 is 33.8. The number of benzene rings is 3. The van der Waals surface area contributed by atoms with Crippen molar-refractivity contribution in [1.29, 1.82) is 0 Å². The quantitative estimate of drug-likeness (QED) is 0.473. The van der Waals surface area contributed by atoms with Crippen molar-refractivity contribution in [3.63, 3.8) is 0 Å². The van der Waals surface area contributed by atoms with Crippen molar-refractivity contribution in [3.05, 3.63) is 66.2 Å². The summed E-state index contributed by atoms with van der Waals surface area (Å²) in [7, 11) is 0.486. The van der Waals surface area contributed by atoms with Gasteiger partial charge in [0.1, 0.15) is 10.6 Å². The second kappa shape index (κ2) is 8.29. The van der Waals surface area contributed by atoms with Crippen molar-refractivity contribution in [2.24, 2.45) is 0 Å². The molecule has 1 aromatic heterocycles. The first-order valence-electron chi connectivity index (χ1n) is 10.2. The molecule has 7 nitrogen and oxygen atoms in total. The van der Waals surface area contributed by atoms with Crippen molar-refractivity contribution in [2.45, 2.75) is 18.4 Å². The second-order valence-corrected chi connectivity index (χ2v) is 9.72. The minimum Gasteiger partial charge on any atom is -0.495 e. The molecule has 0 spiro atoms. The predicted molar refractivity (Wildman–Crippen MR) is 127 cm³/mol. The molecule has 0 aliphatic heterocycles. The van der Waals surface area contributed by atoms with E-state index in [2.05, 4.69) is 28.9 Å². The summed E-state index contributed by atoms with van der Waals surface area (Å²) in [5, 5.41) is 5.05. The third-order valence-electron chi connectivity index (χ3n) is 5.53. The number of rotatable bonds is 6. The van der Waals surface area contributed by atoms with Gasteiger partial charge in [0.2, 0.25) is 10.0 Å². The van der Waals surface area contributed by atoms with Gasteiger partial charge in [0.05, 0.1) is 7.11 Å². The van der Waals surface area contributed by atoms with Crippen LogP contribution in [0.5, 0.6) is 5.75 Å². The maximum atomic E-state index is 13.0. The first kappa shape index (κ1) is 21.9. The Morgan fingerprint density at radius 2 is 1.72 bits per heavy atom. The molecule has 0 bridgehead atoms. The van der Waals surface area contributed by atoms with E-state index in [0.29, 0.717) is 5.69 Å². The van der Waals surface area contributed by atoms with Crippen LogP contribution in [0.2, 0.25) is 0 Å². The molecule has 1 N–H and O–H groups in total. The Labute approximate surface area is 187 Å². The SMILES string of the molecule is CCn1c2ccccc2c2cc(NC(=O)c3ccc(OC)c(S(=O)(=O)N(C)C)c3)ccc21. The molecule has 166 valence electrons. The average molecular weight is 452 g/mol. The van der Waals surface area contributed by atoms with E-state index >= 15 is 0 Å². The molecule has 3 aromatic carbocycles. The highest BCUT2D eigenvalue weighted by Crippen LogP contribution is 2.31. The molecule has 0 unspecified atom stereocenters. The van der Waals surface area contributed by atoms with Gasteiger partial charge in [-0.15, -0.1) is 0 Å². The summed E-state index contributed by atoms with van der Waals surface area (Å²) in [6.45, 7) is 2.94. The lowest BCUT2D eigenvalue weighted by Gasteiger charge is -2.15. The van der Waals surface area contributed by atoms with Crippen molar-refractivity contribution in [3.8, 4) is 5.75 Å². The zero-order valence-corrected chi connectivity index (χ0v) is 19.2. The highest BCUT2D eigenvalue weighted by atomic mass is 32.2. The van der Waals surface area contributed by atoms with Crippen molar-refractivity contribution in [1.82, 2.24) is 8.87 Å². The fraction of sp³-hybridized carbons (Fsp3) is 0.208. The summed E-state index contributed by atoms with van der Waals surface area (Å²) in [5.41, 5.74) is 3.09. The van der Waals surface area contributed by atoms with E-state index < -0.39 is 15.9 Å². The smallest absolute Gasteiger partial charge is 0.255 e. The number of aryl methyl sites for hydroxylation is 1. The molecule has 32 heavy (non-hydrogen) atoms. The minimum atomic E-state index is -3.78. The number of fused-ring (bicyclic) bond motifs is 3. The summed E-state index contributed by atoms with van der Waals surface area (Å²) in [5.74, 6) is -0.217. The zero-order valence-electron chi connectivity index (χ0n) is 18.4. The number of para-hydroxylation sites is 1. The highest BCUT2D eigenvalue weighted by molar-refractivity contribution is 7.89. The number of carbonyl (C=O) groups excluding carboxylic acids is 1. The number of ether oxygens (including phenoxy) is 1. The summed E-state index contributed by atoms with van der Waals surface area (Å²) in [6.07, 6.45) is 0. The molecule has 1 heterocycles. The number of nitrogens with zero attached hydrogens (tertiary/aromatic N) is 2. The third-order valence-corrected chi connectivity index (χ3v) is 7.37. The molecule has 8 heteroatoms. The summed E-state index contributed by atoms with van der Waals surface area (Å²) in [4.78, 5) is 12.9. The molecule has 4 rings (SSSR count). The number of hydrogen-bond acceptors (Lipinski definition) is 4. The number of anilines is 1. The van der Waals surface area contributed by atoms with E-state index in [1.807, 2.05) is 30.3 Å². The van der Waals surface area contributed by atoms with Crippen LogP contribution in [0, 0.1) is 0 Å². The third kappa shape index (κ3) is 3.61. The Balaban J connectivity index is 1.72. The fourth-order valence-corrected chi connectivity index (χ4v) is 4.97. The van der Waals surface area contributed by atoms with Crippen LogP contribution in [-0.2, 0) is 16.6 Å². The lowest BCUT2D eigenvalue weighted by atomic mass is 10.1. The molecular formula is C24H25N3O4S. The molecule has 4 aromatic rings. The van der Waals surface area contributed by atoms with Gasteiger partial charge in [-0.2, -0.15) is 0 Å². The molecule has 1 amide bonds. The summed E-state index contributed by atoms with van der Waals surface area (Å²) >= 11 is 0. The first-order valence-corrected chi connectivity index (χ1v) is 11.6. The Kier molecular flexibility index (Phi) is 5.66. The van der Waals surface area contributed by atoms with E-state index in [1.165, 1.54) is 33.3 Å². The molecule has 0 fully saturated rings. The number of sulfonamides is 1. The number of nitrogens with one attached hydrogen (secondary N) is 1. The van der Waals surface area contributed by atoms with Crippen LogP contribution >= 0.6 is 0 Å². The van der Waals surface area contributed by atoms with E-state index in [4.69, 9.17) is 4.74 Å². The minimum absolute atomic E-state index is 0.0564. The molecule has 0 saturated heterocycles. The second-order valence-electron chi connectivity index (χ2n) is 7.60. The number of carbonyl (C=O) groups is 1. The van der Waals surface area contributed by atoms with Gasteiger partial charge in [0, 0.05) is 53.7 Å². The van der Waals surface area contributed by atoms with Crippen LogP contribution in [0.15, 0.2) is 65.6 Å². The van der Waals surface area contributed by atoms with Gasteiger partial charge in [0.25, 0.3) is 5.91 Å². The Morgan fingerprint density at radius 1 is 1.00 bits per heavy atom. The van der Waals surface area contributed by atoms with E-state index in [1.54, 1.807) is 6.07 Å². The van der Waals surface area contributed by atoms with Crippen molar-refractivity contribution in [2.75, 3.05) is 26.5 Å². The fourth-order valence-electron chi connectivity index (χ4n) is 3.89. The normalized spacial score (nSPS) is 11.9. The average Bonchev–Trinajstić information content (AvgIpc) is 3.11. The Hall–Kier alpha value is -3.36. The largest absolute Gasteiger partial charge is 0.495 e. The van der Waals surface area contributed by atoms with E-state index in [9.17, 15) is 13.2 Å². The Morgan fingerprint density at radius 3 is 2.41 bits per heavy atom. The maximum absolute atomic E-state index is 13.0. The van der Waals surface area contributed by atoms with Crippen LogP contribution in [0.25, 0.3) is 21.8 Å². The van der Waals surface area contributed by atoms with Gasteiger partial charge < -0.3 is 14.6 Å². The van der Waals surface area contributed by atoms with Crippen LogP contribution in [0.4, 0.5) is 5.69 Å². The van der Waals surface area contributed by atoms with E-state index in [0.717, 1.165) is 32.7 Å². The van der Waals surface area contributed by atoms with Gasteiger partial charge in [-0.3, -0.25) is 4.79 Å². The number of methoxy groups -OCH3 is 1. The first-order chi connectivity index (χ1) is 15.3. The molecule has 0 atom stereocenters. The molecule has 0 aliphatic rings. The number of aromatic nitrogens is 1. The van der Waals surface area contributed by atoms with Crippen LogP contribution in [0.3, 0.4) is 0 Å². The van der Waals surface area contributed by atoms with Gasteiger partial charge >= 0.3 is 0 Å². The van der Waals surface area contributed by atoms with Gasteiger partial charge in [-0.25, -0.2) is 12.7 Å². The predicted octanol–water partition coefficient (Wildman–Crippen LogP) is 4.33. The van der Waals surface area contributed by atoms with Crippen LogP contribution in [0.1, 0.15) is 17.3 Å². The topological polar surface area (TPSA) is 80.6 Å². The zero-order chi connectivity index (χ0) is 23.0. The van der Waals surface area contributed by atoms with E-state index in [-0.39, 0.29) is 16.2 Å². The standard InChI is InChI=1S/C24H25N3O4S/c1-5-27-20-9-7-6-8-18(20)19-15-17(11-12-21(19)27)25-24(28)16-10-13-22(31-4)23(14-16)32(29,30)26(2)3/h6-15H,5H2,1-4H3,(H,25,28). The number of amides is 1. The lowest BCUT2D eigenvalue weighted by molar-refractivity contribution is 0.102. The van der Waals surface area contributed by atoms with Crippen LogP contribution < -0.4 is 10.1 Å². The van der Waals surface area contributed by atoms with Gasteiger partial charge in [0.15, 0.2) is 0 Å². The highest BCUT2D eigenvalue weighted by Gasteiger charge is 2.24. The lowest BCUT2D eigenvalue weighted by Crippen LogP contribution is -2.23. The van der Waals surface area contributed by atoms with Crippen molar-refractivity contribution >= 4 is 43.4 Å². The van der Waals surface area contributed by atoms with Crippen molar-refractivity contribution < 1.29 is 17.9 Å². The summed E-state index contributed by atoms with van der Waals surface area (Å²) in [6, 6.07) is 18.3. The van der Waals surface area contributed by atoms with Gasteiger partial charge in [-0.05, 0) is 49.4 Å². The molecule has 0 saturated carbocycles. The molecular weight excluding hydrogens is 426 g/mol. The number of hydrogen-bond donors (Lipinski definition) is 1. The van der Waals surface area contributed by atoms with Crippen LogP contribution in [-0.4, -0.2) is 44.4 Å². The van der Waals surface area contributed by atoms with Gasteiger partial charge in [-0.1, -0.05) is 18.2 Å². The monoisotopic (exact) mass is 451 g/mol.